The van der Waals surface area contributed by atoms with Crippen LogP contribution in [-0.2, 0) is 4.79 Å². The lowest BCUT2D eigenvalue weighted by molar-refractivity contribution is -0.131. The Morgan fingerprint density at radius 1 is 1.57 bits per heavy atom. The minimum Gasteiger partial charge on any atom is -0.478 e. The van der Waals surface area contributed by atoms with Gasteiger partial charge in [-0.2, -0.15) is 0 Å². The van der Waals surface area contributed by atoms with E-state index in [0.29, 0.717) is 8.04 Å². The summed E-state index contributed by atoms with van der Waals surface area (Å²) in [5.41, 5.74) is 0.264. The number of hydrogen-bond donors (Lipinski definition) is 1. The van der Waals surface area contributed by atoms with Crippen LogP contribution in [0, 0.1) is 9.39 Å². The quantitative estimate of drug-likeness (QED) is 0.492. The maximum Gasteiger partial charge on any atom is 0.328 e. The van der Waals surface area contributed by atoms with Crippen LogP contribution in [-0.4, -0.2) is 11.1 Å². The third-order valence-corrected chi connectivity index (χ3v) is 3.93. The highest BCUT2D eigenvalue weighted by molar-refractivity contribution is 14.1. The van der Waals surface area contributed by atoms with Gasteiger partial charge in [0, 0.05) is 16.1 Å². The Kier molecular flexibility index (Phi) is 4.06. The minimum absolute atomic E-state index is 0.264. The molecule has 0 bridgehead atoms. The van der Waals surface area contributed by atoms with Crippen LogP contribution in [0.5, 0.6) is 0 Å². The zero-order chi connectivity index (χ0) is 10.7. The van der Waals surface area contributed by atoms with Gasteiger partial charge in [0.05, 0.1) is 3.57 Å². The summed E-state index contributed by atoms with van der Waals surface area (Å²) in [6.07, 6.45) is 2.13. The average Bonchev–Trinajstić information content (AvgIpc) is 2.13. The molecule has 0 aromatic heterocycles. The van der Waals surface area contributed by atoms with Gasteiger partial charge in [0.1, 0.15) is 5.82 Å². The number of rotatable bonds is 2. The first kappa shape index (κ1) is 11.6. The van der Waals surface area contributed by atoms with Crippen molar-refractivity contribution in [2.24, 2.45) is 0 Å². The van der Waals surface area contributed by atoms with E-state index in [2.05, 4.69) is 15.9 Å². The smallest absolute Gasteiger partial charge is 0.328 e. The predicted molar refractivity (Wildman–Crippen MR) is 63.5 cm³/mol. The highest BCUT2D eigenvalue weighted by Crippen LogP contribution is 2.24. The van der Waals surface area contributed by atoms with Gasteiger partial charge in [-0.05, 0) is 50.7 Å². The van der Waals surface area contributed by atoms with E-state index in [1.54, 1.807) is 6.07 Å². The Morgan fingerprint density at radius 3 is 2.79 bits per heavy atom. The third kappa shape index (κ3) is 2.78. The molecule has 0 fully saturated rings. The number of carbonyl (C=O) groups is 1. The molecule has 0 aliphatic carbocycles. The molecular weight excluding hydrogens is 366 g/mol. The van der Waals surface area contributed by atoms with E-state index < -0.39 is 11.8 Å². The lowest BCUT2D eigenvalue weighted by Gasteiger charge is -2.01. The Balaban J connectivity index is 3.12. The zero-order valence-electron chi connectivity index (χ0n) is 6.80. The van der Waals surface area contributed by atoms with Gasteiger partial charge in [-0.1, -0.05) is 6.07 Å². The highest BCUT2D eigenvalue weighted by atomic mass is 127. The van der Waals surface area contributed by atoms with Gasteiger partial charge in [-0.3, -0.25) is 0 Å². The molecule has 14 heavy (non-hydrogen) atoms. The summed E-state index contributed by atoms with van der Waals surface area (Å²) in [5, 5.41) is 8.37. The maximum atomic E-state index is 13.4. The van der Waals surface area contributed by atoms with Gasteiger partial charge in [0.25, 0.3) is 0 Å². The van der Waals surface area contributed by atoms with Crippen molar-refractivity contribution in [3.63, 3.8) is 0 Å². The molecule has 0 saturated carbocycles. The standard InChI is InChI=1S/C9H5BrFIO2/c10-6-3-1-5(2-4-7(13)14)8(11)9(6)12/h1-4H,(H,13,14)/b4-2+. The molecule has 0 saturated heterocycles. The summed E-state index contributed by atoms with van der Waals surface area (Å²) >= 11 is 5.02. The summed E-state index contributed by atoms with van der Waals surface area (Å²) < 4.78 is 14.5. The number of halogens is 3. The molecule has 0 amide bonds. The molecule has 0 spiro atoms. The molecule has 0 atom stereocenters. The van der Waals surface area contributed by atoms with Crippen LogP contribution in [0.3, 0.4) is 0 Å². The molecule has 0 unspecified atom stereocenters. The fourth-order valence-corrected chi connectivity index (χ4v) is 1.63. The predicted octanol–water partition coefficient (Wildman–Crippen LogP) is 3.29. The van der Waals surface area contributed by atoms with E-state index in [1.165, 1.54) is 12.1 Å². The molecule has 74 valence electrons. The molecule has 1 aromatic rings. The second kappa shape index (κ2) is 4.88. The van der Waals surface area contributed by atoms with Crippen LogP contribution in [0.2, 0.25) is 0 Å². The van der Waals surface area contributed by atoms with E-state index in [-0.39, 0.29) is 5.56 Å². The number of carboxylic acid groups (broad SMARTS) is 1. The number of hydrogen-bond acceptors (Lipinski definition) is 1. The van der Waals surface area contributed by atoms with E-state index in [1.807, 2.05) is 22.6 Å². The molecule has 0 heterocycles. The summed E-state index contributed by atoms with van der Waals surface area (Å²) in [5.74, 6) is -1.51. The van der Waals surface area contributed by atoms with Gasteiger partial charge in [-0.25, -0.2) is 9.18 Å². The highest BCUT2D eigenvalue weighted by Gasteiger charge is 2.07. The maximum absolute atomic E-state index is 13.4. The minimum atomic E-state index is -1.10. The van der Waals surface area contributed by atoms with Crippen LogP contribution in [0.15, 0.2) is 22.7 Å². The number of aliphatic carboxylic acids is 1. The number of carboxylic acids is 1. The lowest BCUT2D eigenvalue weighted by atomic mass is 10.2. The van der Waals surface area contributed by atoms with Gasteiger partial charge in [-0.15, -0.1) is 0 Å². The van der Waals surface area contributed by atoms with Crippen molar-refractivity contribution in [3.8, 4) is 0 Å². The van der Waals surface area contributed by atoms with E-state index in [9.17, 15) is 9.18 Å². The van der Waals surface area contributed by atoms with E-state index in [0.717, 1.165) is 6.08 Å². The summed E-state index contributed by atoms with van der Waals surface area (Å²) in [7, 11) is 0. The largest absolute Gasteiger partial charge is 0.478 e. The Morgan fingerprint density at radius 2 is 2.21 bits per heavy atom. The Hall–Kier alpha value is -0.430. The van der Waals surface area contributed by atoms with Gasteiger partial charge < -0.3 is 5.11 Å². The second-order valence-electron chi connectivity index (χ2n) is 2.44. The van der Waals surface area contributed by atoms with Crippen molar-refractivity contribution in [1.82, 2.24) is 0 Å². The van der Waals surface area contributed by atoms with Crippen LogP contribution in [0.4, 0.5) is 4.39 Å². The monoisotopic (exact) mass is 370 g/mol. The summed E-state index contributed by atoms with van der Waals surface area (Å²) in [4.78, 5) is 10.2. The number of benzene rings is 1. The zero-order valence-corrected chi connectivity index (χ0v) is 10.5. The molecule has 0 aliphatic rings. The fraction of sp³-hybridized carbons (Fsp3) is 0. The molecule has 5 heteroatoms. The first-order valence-corrected chi connectivity index (χ1v) is 5.44. The molecule has 0 aliphatic heterocycles. The van der Waals surface area contributed by atoms with E-state index in [4.69, 9.17) is 5.11 Å². The first-order valence-electron chi connectivity index (χ1n) is 3.57. The van der Waals surface area contributed by atoms with Crippen molar-refractivity contribution in [1.29, 1.82) is 0 Å². The van der Waals surface area contributed by atoms with Crippen LogP contribution in [0.1, 0.15) is 5.56 Å². The van der Waals surface area contributed by atoms with Gasteiger partial charge >= 0.3 is 5.97 Å². The molecule has 1 aromatic carbocycles. The SMILES string of the molecule is O=C(O)/C=C/c1ccc(Br)c(I)c1F. The molecule has 2 nitrogen and oxygen atoms in total. The first-order chi connectivity index (χ1) is 6.52. The Labute approximate surface area is 102 Å². The average molecular weight is 371 g/mol. The molecular formula is C9H5BrFIO2. The van der Waals surface area contributed by atoms with Crippen LogP contribution < -0.4 is 0 Å². The van der Waals surface area contributed by atoms with Crippen molar-refractivity contribution >= 4 is 50.6 Å². The van der Waals surface area contributed by atoms with Crippen molar-refractivity contribution in [3.05, 3.63) is 37.6 Å². The topological polar surface area (TPSA) is 37.3 Å². The normalized spacial score (nSPS) is 10.8. The summed E-state index contributed by atoms with van der Waals surface area (Å²) in [6, 6.07) is 3.19. The van der Waals surface area contributed by atoms with Crippen molar-refractivity contribution in [2.45, 2.75) is 0 Å². The van der Waals surface area contributed by atoms with Gasteiger partial charge in [0.2, 0.25) is 0 Å². The Bertz CT molecular complexity index is 404. The van der Waals surface area contributed by atoms with Crippen LogP contribution in [0.25, 0.3) is 6.08 Å². The molecule has 0 radical (unpaired) electrons. The van der Waals surface area contributed by atoms with Gasteiger partial charge in [0.15, 0.2) is 0 Å². The lowest BCUT2D eigenvalue weighted by Crippen LogP contribution is -1.90. The third-order valence-electron chi connectivity index (χ3n) is 1.47. The fourth-order valence-electron chi connectivity index (χ4n) is 0.831. The van der Waals surface area contributed by atoms with Crippen molar-refractivity contribution < 1.29 is 14.3 Å². The van der Waals surface area contributed by atoms with Crippen LogP contribution >= 0.6 is 38.5 Å². The summed E-state index contributed by atoms with van der Waals surface area (Å²) in [6.45, 7) is 0. The molecule has 1 N–H and O–H groups in total. The second-order valence-corrected chi connectivity index (χ2v) is 4.37. The van der Waals surface area contributed by atoms with E-state index >= 15 is 0 Å². The van der Waals surface area contributed by atoms with Crippen molar-refractivity contribution in [2.75, 3.05) is 0 Å². The molecule has 1 rings (SSSR count).